The summed E-state index contributed by atoms with van der Waals surface area (Å²) in [7, 11) is 0. The second-order valence-electron chi connectivity index (χ2n) is 20.0. The number of phenols is 2. The van der Waals surface area contributed by atoms with Gasteiger partial charge in [0.25, 0.3) is 11.8 Å². The number of aromatic hydroxyl groups is 2. The maximum Gasteiger partial charge on any atom is 0.261 e. The molecule has 0 aromatic heterocycles. The maximum atomic E-state index is 14.1. The van der Waals surface area contributed by atoms with Crippen molar-refractivity contribution in [3.63, 3.8) is 0 Å². The number of fused-ring (bicyclic) bond motifs is 1. The molecule has 1 aliphatic rings. The molecule has 8 amide bonds. The first kappa shape index (κ1) is 63.1. The van der Waals surface area contributed by atoms with Gasteiger partial charge in [0.2, 0.25) is 35.4 Å². The molecule has 436 valence electrons. The summed E-state index contributed by atoms with van der Waals surface area (Å²) >= 11 is 2.57. The molecule has 24 heteroatoms. The van der Waals surface area contributed by atoms with Crippen molar-refractivity contribution in [1.82, 2.24) is 42.8 Å². The fraction of sp³-hybridized carbons (Fsp3) is 0.345. The number of halogens is 2. The Morgan fingerprint density at radius 1 is 0.561 bits per heavy atom. The summed E-state index contributed by atoms with van der Waals surface area (Å²) in [5.41, 5.74) is 24.1. The van der Waals surface area contributed by atoms with Gasteiger partial charge in [0, 0.05) is 35.9 Å². The highest BCUT2D eigenvalue weighted by Gasteiger charge is 2.30. The van der Waals surface area contributed by atoms with Crippen LogP contribution in [0.25, 0.3) is 0 Å². The molecule has 0 bridgehead atoms. The van der Waals surface area contributed by atoms with Gasteiger partial charge in [-0.2, -0.15) is 23.5 Å². The Kier molecular flexibility index (Phi) is 23.2. The van der Waals surface area contributed by atoms with Crippen molar-refractivity contribution in [3.8, 4) is 11.5 Å². The molecular weight excluding hydrogens is 1100 g/mol. The third kappa shape index (κ3) is 19.0. The van der Waals surface area contributed by atoms with Crippen molar-refractivity contribution < 1.29 is 57.4 Å². The van der Waals surface area contributed by atoms with Gasteiger partial charge in [0.1, 0.15) is 47.3 Å². The molecule has 0 spiro atoms. The van der Waals surface area contributed by atoms with E-state index in [9.17, 15) is 57.4 Å². The van der Waals surface area contributed by atoms with Crippen LogP contribution in [0.3, 0.4) is 0 Å². The van der Waals surface area contributed by atoms with E-state index >= 15 is 0 Å². The molecule has 0 radical (unpaired) electrons. The lowest BCUT2D eigenvalue weighted by atomic mass is 9.96. The zero-order valence-corrected chi connectivity index (χ0v) is 47.3. The van der Waals surface area contributed by atoms with E-state index < -0.39 is 108 Å². The quantitative estimate of drug-likeness (QED) is 0.0851. The van der Waals surface area contributed by atoms with Crippen molar-refractivity contribution in [3.05, 3.63) is 164 Å². The number of nitrogens with two attached hydrogens (primary N) is 2. The van der Waals surface area contributed by atoms with Crippen molar-refractivity contribution in [1.29, 1.82) is 0 Å². The highest BCUT2D eigenvalue weighted by Crippen LogP contribution is 2.25. The number of thioether (sulfide) groups is 2. The number of amides is 8. The number of hydrogen-bond acceptors (Lipinski definition) is 14. The second kappa shape index (κ2) is 30.1. The van der Waals surface area contributed by atoms with Crippen LogP contribution in [-0.2, 0) is 75.5 Å². The Hall–Kier alpha value is -8.06. The number of carbonyl (C=O) groups is 8. The summed E-state index contributed by atoms with van der Waals surface area (Å²) in [6.07, 6.45) is -0.346. The van der Waals surface area contributed by atoms with Gasteiger partial charge >= 0.3 is 0 Å². The van der Waals surface area contributed by atoms with E-state index in [1.807, 2.05) is 24.3 Å². The molecule has 5 aromatic rings. The number of hydrazine groups is 1. The van der Waals surface area contributed by atoms with Gasteiger partial charge in [-0.05, 0) is 145 Å². The van der Waals surface area contributed by atoms with E-state index in [1.54, 1.807) is 52.0 Å². The molecule has 0 unspecified atom stereocenters. The predicted octanol–water partition coefficient (Wildman–Crippen LogP) is 2.03. The molecule has 82 heavy (non-hydrogen) atoms. The second-order valence-corrected chi connectivity index (χ2v) is 22.0. The van der Waals surface area contributed by atoms with Gasteiger partial charge in [-0.3, -0.25) is 49.2 Å². The van der Waals surface area contributed by atoms with Crippen LogP contribution in [0.5, 0.6) is 11.5 Å². The number of rotatable bonds is 12. The molecule has 0 saturated heterocycles. The SMILES string of the molecule is Cc1cc(O)cc(C)c1C[C@H](N)C(=O)N[C@@H]1CSCc2ccccc2CSC[C@@H](NC(=O)[C@@H](N)Cc2c(C)cc(O)cc2C)C(=O)NCC(=O)N[C@@H](Cc2ccc(F)cc2)C(=O)NNC(=O)[C@H](Cc2ccc(F)cc2)NC(=O)CNC1=O. The number of nitrogens with one attached hydrogen (secondary N) is 8. The van der Waals surface area contributed by atoms with Gasteiger partial charge in [-0.1, -0.05) is 48.5 Å². The van der Waals surface area contributed by atoms with Crippen LogP contribution >= 0.6 is 23.5 Å². The summed E-state index contributed by atoms with van der Waals surface area (Å²) in [6.45, 7) is 5.69. The Balaban J connectivity index is 1.28. The van der Waals surface area contributed by atoms with Gasteiger partial charge in [-0.15, -0.1) is 0 Å². The Bertz CT molecular complexity index is 2890. The van der Waals surface area contributed by atoms with Crippen LogP contribution in [0.2, 0.25) is 0 Å². The molecule has 14 N–H and O–H groups in total. The minimum Gasteiger partial charge on any atom is -0.508 e. The molecule has 1 aliphatic heterocycles. The lowest BCUT2D eigenvalue weighted by Crippen LogP contribution is -2.59. The molecule has 0 saturated carbocycles. The van der Waals surface area contributed by atoms with E-state index in [0.29, 0.717) is 44.9 Å². The van der Waals surface area contributed by atoms with E-state index in [4.69, 9.17) is 11.5 Å². The molecule has 0 aliphatic carbocycles. The van der Waals surface area contributed by atoms with E-state index in [-0.39, 0.29) is 48.7 Å². The van der Waals surface area contributed by atoms with Crippen LogP contribution in [0.15, 0.2) is 97.1 Å². The molecule has 1 heterocycles. The lowest BCUT2D eigenvalue weighted by molar-refractivity contribution is -0.134. The first-order valence-corrected chi connectivity index (χ1v) is 28.5. The third-order valence-corrected chi connectivity index (χ3v) is 15.7. The highest BCUT2D eigenvalue weighted by atomic mass is 32.2. The standard InChI is InChI=1S/C58H68F2N10O10S2/c1-31-17-41(71)18-32(2)43(31)23-45(61)53(75)67-49-29-81-27-37-7-5-6-8-38(37)28-82-30-50(68-54(76)46(62)24-44-33(3)19-42(72)20-34(44)4)56(78)64-26-52(74)66-48(22-36-11-15-40(60)16-12-36)58(80)70-69-57(79)47(65-51(73)25-63-55(49)77)21-35-9-13-39(59)14-10-35/h5-20,45-50,71-72H,21-30,61-62H2,1-4H3,(H,63,77)(H,64,78)(H,65,73)(H,66,74)(H,67,75)(H,68,76)(H,69,79)(H,70,80)/t45-,46-,47-,48-,49+,50+/m0/s1. The monoisotopic (exact) mass is 1170 g/mol. The molecule has 20 nitrogen and oxygen atoms in total. The van der Waals surface area contributed by atoms with Crippen LogP contribution in [0.4, 0.5) is 8.78 Å². The zero-order valence-electron chi connectivity index (χ0n) is 45.7. The number of carbonyl (C=O) groups excluding carboxylic acids is 8. The molecule has 5 aromatic carbocycles. The topological polar surface area (TPSA) is 325 Å². The van der Waals surface area contributed by atoms with Gasteiger partial charge < -0.3 is 53.6 Å². The van der Waals surface area contributed by atoms with E-state index in [2.05, 4.69) is 42.8 Å². The Morgan fingerprint density at radius 2 is 0.902 bits per heavy atom. The predicted molar refractivity (Wildman–Crippen MR) is 308 cm³/mol. The summed E-state index contributed by atoms with van der Waals surface area (Å²) in [5, 5.41) is 35.8. The first-order chi connectivity index (χ1) is 39.0. The van der Waals surface area contributed by atoms with Crippen LogP contribution in [0.1, 0.15) is 55.6 Å². The first-order valence-electron chi connectivity index (χ1n) is 26.2. The van der Waals surface area contributed by atoms with Crippen LogP contribution in [0, 0.1) is 39.3 Å². The summed E-state index contributed by atoms with van der Waals surface area (Å²) in [6, 6.07) is 15.9. The van der Waals surface area contributed by atoms with Gasteiger partial charge in [-0.25, -0.2) is 8.78 Å². The molecule has 6 rings (SSSR count). The smallest absolute Gasteiger partial charge is 0.261 e. The van der Waals surface area contributed by atoms with Crippen molar-refractivity contribution >= 4 is 70.8 Å². The number of aryl methyl sites for hydroxylation is 4. The largest absolute Gasteiger partial charge is 0.508 e. The van der Waals surface area contributed by atoms with Gasteiger partial charge in [0.15, 0.2) is 0 Å². The van der Waals surface area contributed by atoms with Gasteiger partial charge in [0.05, 0.1) is 25.2 Å². The number of hydrogen-bond donors (Lipinski definition) is 12. The summed E-state index contributed by atoms with van der Waals surface area (Å²) in [5.74, 6) is -7.05. The fourth-order valence-corrected chi connectivity index (χ4v) is 11.2. The Morgan fingerprint density at radius 3 is 1.24 bits per heavy atom. The number of benzene rings is 5. The summed E-state index contributed by atoms with van der Waals surface area (Å²) in [4.78, 5) is 111. The van der Waals surface area contributed by atoms with Crippen molar-refractivity contribution in [2.75, 3.05) is 24.6 Å². The van der Waals surface area contributed by atoms with E-state index in [1.165, 1.54) is 47.8 Å². The average Bonchev–Trinajstić information content (AvgIpc) is 3.62. The summed E-state index contributed by atoms with van der Waals surface area (Å²) < 4.78 is 27.9. The maximum absolute atomic E-state index is 14.1. The molecule has 0 fully saturated rings. The van der Waals surface area contributed by atoms with Crippen LogP contribution in [-0.4, -0.2) is 118 Å². The third-order valence-electron chi connectivity index (χ3n) is 13.5. The van der Waals surface area contributed by atoms with E-state index in [0.717, 1.165) is 46.5 Å². The average molecular weight is 1170 g/mol. The normalized spacial score (nSPS) is 19.1. The van der Waals surface area contributed by atoms with Crippen molar-refractivity contribution in [2.45, 2.75) is 101 Å². The Labute approximate surface area is 481 Å². The van der Waals surface area contributed by atoms with Crippen LogP contribution < -0.4 is 54.2 Å². The minimum absolute atomic E-state index is 0.0204. The number of phenolic OH excluding ortho intramolecular Hbond substituents is 2. The highest BCUT2D eigenvalue weighted by molar-refractivity contribution is 7.99. The molecular formula is C58H68F2N10O10S2. The fourth-order valence-electron chi connectivity index (χ4n) is 9.05. The van der Waals surface area contributed by atoms with Crippen molar-refractivity contribution in [2.24, 2.45) is 11.5 Å². The zero-order chi connectivity index (χ0) is 59.6. The lowest BCUT2D eigenvalue weighted by Gasteiger charge is -2.23. The molecule has 6 atom stereocenters. The minimum atomic E-state index is -1.47.